The van der Waals surface area contributed by atoms with Crippen molar-refractivity contribution >= 4 is 0 Å². The van der Waals surface area contributed by atoms with Crippen molar-refractivity contribution in [3.8, 4) is 6.07 Å². The van der Waals surface area contributed by atoms with E-state index in [0.717, 1.165) is 32.7 Å². The highest BCUT2D eigenvalue weighted by Crippen LogP contribution is 1.99. The van der Waals surface area contributed by atoms with E-state index >= 15 is 0 Å². The van der Waals surface area contributed by atoms with Gasteiger partial charge in [-0.3, -0.25) is 4.90 Å². The predicted molar refractivity (Wildman–Crippen MR) is 44.2 cm³/mol. The van der Waals surface area contributed by atoms with Crippen molar-refractivity contribution in [2.24, 2.45) is 0 Å². The maximum atomic E-state index is 8.44. The van der Waals surface area contributed by atoms with Crippen LogP contribution >= 0.6 is 0 Å². The fourth-order valence-corrected chi connectivity index (χ4v) is 1.36. The number of hydrogen-bond donors (Lipinski definition) is 0. The van der Waals surface area contributed by atoms with Crippen LogP contribution in [0.3, 0.4) is 0 Å². The molecular formula is C8H15N3. The Bertz CT molecular complexity index is 142. The highest BCUT2D eigenvalue weighted by atomic mass is 15.2. The largest absolute Gasteiger partial charge is 0.301 e. The van der Waals surface area contributed by atoms with Crippen LogP contribution in [0.1, 0.15) is 6.92 Å². The van der Waals surface area contributed by atoms with Crippen molar-refractivity contribution in [2.45, 2.75) is 6.92 Å². The molecular weight excluding hydrogens is 138 g/mol. The van der Waals surface area contributed by atoms with Crippen LogP contribution in [0, 0.1) is 11.3 Å². The first-order valence-electron chi connectivity index (χ1n) is 4.18. The van der Waals surface area contributed by atoms with E-state index in [9.17, 15) is 0 Å². The number of likely N-dealkylation sites (N-methyl/N-ethyl adjacent to an activating group) is 1. The molecule has 0 radical (unpaired) electrons. The number of nitrogens with zero attached hydrogens (tertiary/aromatic N) is 3. The lowest BCUT2D eigenvalue weighted by Crippen LogP contribution is -2.46. The highest BCUT2D eigenvalue weighted by Gasteiger charge is 2.13. The lowest BCUT2D eigenvalue weighted by atomic mass is 10.3. The smallest absolute Gasteiger partial charge is 0.0866 e. The minimum atomic E-state index is 0.595. The zero-order valence-corrected chi connectivity index (χ0v) is 7.08. The van der Waals surface area contributed by atoms with E-state index in [4.69, 9.17) is 5.26 Å². The maximum absolute atomic E-state index is 8.44. The van der Waals surface area contributed by atoms with E-state index in [1.54, 1.807) is 0 Å². The van der Waals surface area contributed by atoms with Gasteiger partial charge in [0.2, 0.25) is 0 Å². The Morgan fingerprint density at radius 3 is 2.18 bits per heavy atom. The van der Waals surface area contributed by atoms with Crippen molar-refractivity contribution in [2.75, 3.05) is 39.3 Å². The number of rotatable bonds is 2. The Hall–Kier alpha value is -0.590. The van der Waals surface area contributed by atoms with Gasteiger partial charge in [-0.05, 0) is 6.54 Å². The standard InChI is InChI=1S/C8H15N3/c1-2-10-5-7-11(4-3-9)8-6-10/h2,4-8H2,1H3. The molecule has 1 aliphatic rings. The lowest BCUT2D eigenvalue weighted by Gasteiger charge is -2.32. The van der Waals surface area contributed by atoms with Gasteiger partial charge in [-0.15, -0.1) is 0 Å². The minimum Gasteiger partial charge on any atom is -0.301 e. The molecule has 0 aliphatic carbocycles. The van der Waals surface area contributed by atoms with Crippen molar-refractivity contribution in [1.29, 1.82) is 5.26 Å². The van der Waals surface area contributed by atoms with Gasteiger partial charge in [-0.25, -0.2) is 0 Å². The quantitative estimate of drug-likeness (QED) is 0.529. The molecule has 3 heteroatoms. The molecule has 3 nitrogen and oxygen atoms in total. The molecule has 1 fully saturated rings. The number of hydrogen-bond acceptors (Lipinski definition) is 3. The number of nitriles is 1. The van der Waals surface area contributed by atoms with E-state index < -0.39 is 0 Å². The molecule has 11 heavy (non-hydrogen) atoms. The Balaban J connectivity index is 2.20. The Morgan fingerprint density at radius 1 is 1.18 bits per heavy atom. The topological polar surface area (TPSA) is 30.3 Å². The van der Waals surface area contributed by atoms with Gasteiger partial charge < -0.3 is 4.90 Å². The molecule has 1 saturated heterocycles. The number of piperazine rings is 1. The van der Waals surface area contributed by atoms with E-state index in [0.29, 0.717) is 6.54 Å². The summed E-state index contributed by atoms with van der Waals surface area (Å²) in [7, 11) is 0. The zero-order chi connectivity index (χ0) is 8.10. The van der Waals surface area contributed by atoms with Crippen LogP contribution in [0.15, 0.2) is 0 Å². The first-order valence-corrected chi connectivity index (χ1v) is 4.18. The fraction of sp³-hybridized carbons (Fsp3) is 0.875. The summed E-state index contributed by atoms with van der Waals surface area (Å²) in [5, 5.41) is 8.44. The predicted octanol–water partition coefficient (Wildman–Crippen LogP) is 0.147. The highest BCUT2D eigenvalue weighted by molar-refractivity contribution is 4.80. The first-order chi connectivity index (χ1) is 5.36. The van der Waals surface area contributed by atoms with Gasteiger partial charge >= 0.3 is 0 Å². The molecule has 1 rings (SSSR count). The third-order valence-electron chi connectivity index (χ3n) is 2.21. The van der Waals surface area contributed by atoms with Crippen LogP contribution in [0.2, 0.25) is 0 Å². The average molecular weight is 153 g/mol. The molecule has 1 heterocycles. The van der Waals surface area contributed by atoms with Crippen LogP contribution in [0.4, 0.5) is 0 Å². The monoisotopic (exact) mass is 153 g/mol. The summed E-state index contributed by atoms with van der Waals surface area (Å²) in [6.07, 6.45) is 0. The van der Waals surface area contributed by atoms with Gasteiger partial charge in [0.1, 0.15) is 0 Å². The summed E-state index contributed by atoms with van der Waals surface area (Å²) in [6.45, 7) is 8.27. The molecule has 0 aromatic rings. The van der Waals surface area contributed by atoms with Crippen molar-refractivity contribution in [3.05, 3.63) is 0 Å². The van der Waals surface area contributed by atoms with Gasteiger partial charge in [-0.1, -0.05) is 6.92 Å². The van der Waals surface area contributed by atoms with Gasteiger partial charge in [0.15, 0.2) is 0 Å². The van der Waals surface area contributed by atoms with Crippen LogP contribution in [-0.4, -0.2) is 49.1 Å². The fourth-order valence-electron chi connectivity index (χ4n) is 1.36. The van der Waals surface area contributed by atoms with Gasteiger partial charge in [0.05, 0.1) is 12.6 Å². The van der Waals surface area contributed by atoms with E-state index in [1.165, 1.54) is 0 Å². The van der Waals surface area contributed by atoms with Crippen molar-refractivity contribution < 1.29 is 0 Å². The summed E-state index contributed by atoms with van der Waals surface area (Å²) in [4.78, 5) is 4.61. The molecule has 0 saturated carbocycles. The van der Waals surface area contributed by atoms with Gasteiger partial charge in [-0.2, -0.15) is 5.26 Å². The Morgan fingerprint density at radius 2 is 1.73 bits per heavy atom. The lowest BCUT2D eigenvalue weighted by molar-refractivity contribution is 0.149. The zero-order valence-electron chi connectivity index (χ0n) is 7.08. The molecule has 0 atom stereocenters. The maximum Gasteiger partial charge on any atom is 0.0866 e. The van der Waals surface area contributed by atoms with Crippen LogP contribution < -0.4 is 0 Å². The van der Waals surface area contributed by atoms with Gasteiger partial charge in [0.25, 0.3) is 0 Å². The molecule has 0 N–H and O–H groups in total. The summed E-state index contributed by atoms with van der Waals surface area (Å²) >= 11 is 0. The third kappa shape index (κ3) is 2.49. The summed E-state index contributed by atoms with van der Waals surface area (Å²) in [5.74, 6) is 0. The van der Waals surface area contributed by atoms with Gasteiger partial charge in [0, 0.05) is 26.2 Å². The van der Waals surface area contributed by atoms with Crippen LogP contribution in [0.5, 0.6) is 0 Å². The molecule has 62 valence electrons. The second-order valence-electron chi connectivity index (χ2n) is 2.87. The summed E-state index contributed by atoms with van der Waals surface area (Å²) in [6, 6.07) is 2.18. The SMILES string of the molecule is CCN1CCN(CC#N)CC1. The first kappa shape index (κ1) is 8.51. The second-order valence-corrected chi connectivity index (χ2v) is 2.87. The van der Waals surface area contributed by atoms with Crippen molar-refractivity contribution in [1.82, 2.24) is 9.80 Å². The molecule has 0 spiro atoms. The summed E-state index contributed by atoms with van der Waals surface area (Å²) < 4.78 is 0. The molecule has 1 aliphatic heterocycles. The molecule has 0 bridgehead atoms. The van der Waals surface area contributed by atoms with Crippen LogP contribution in [0.25, 0.3) is 0 Å². The molecule has 0 amide bonds. The van der Waals surface area contributed by atoms with E-state index in [2.05, 4.69) is 22.8 Å². The molecule has 0 aromatic carbocycles. The van der Waals surface area contributed by atoms with Crippen molar-refractivity contribution in [3.63, 3.8) is 0 Å². The van der Waals surface area contributed by atoms with E-state index in [1.807, 2.05) is 0 Å². The van der Waals surface area contributed by atoms with Crippen LogP contribution in [-0.2, 0) is 0 Å². The Kier molecular flexibility index (Phi) is 3.34. The third-order valence-corrected chi connectivity index (χ3v) is 2.21. The second kappa shape index (κ2) is 4.32. The Labute approximate surface area is 68.2 Å². The van der Waals surface area contributed by atoms with E-state index in [-0.39, 0.29) is 0 Å². The normalized spacial score (nSPS) is 21.5. The minimum absolute atomic E-state index is 0.595. The summed E-state index contributed by atoms with van der Waals surface area (Å²) in [5.41, 5.74) is 0. The molecule has 0 aromatic heterocycles. The molecule has 0 unspecified atom stereocenters. The average Bonchev–Trinajstić information content (AvgIpc) is 2.07.